The highest BCUT2D eigenvalue weighted by Crippen LogP contribution is 2.25. The van der Waals surface area contributed by atoms with Gasteiger partial charge in [0.25, 0.3) is 0 Å². The first-order chi connectivity index (χ1) is 7.97. The van der Waals surface area contributed by atoms with E-state index in [1.807, 2.05) is 0 Å². The van der Waals surface area contributed by atoms with E-state index < -0.39 is 0 Å². The lowest BCUT2D eigenvalue weighted by molar-refractivity contribution is 0.0539. The Morgan fingerprint density at radius 3 is 2.35 bits per heavy atom. The summed E-state index contributed by atoms with van der Waals surface area (Å²) in [5, 5.41) is 0. The molecule has 1 aromatic carbocycles. The summed E-state index contributed by atoms with van der Waals surface area (Å²) in [5.74, 6) is 0. The quantitative estimate of drug-likeness (QED) is 0.744. The average molecular weight is 234 g/mol. The third-order valence-corrected chi connectivity index (χ3v) is 3.18. The maximum Gasteiger partial charge on any atom is 0.104 e. The molecule has 2 heteroatoms. The number of hydrogen-bond acceptors (Lipinski definition) is 2. The van der Waals surface area contributed by atoms with Crippen LogP contribution >= 0.6 is 0 Å². The summed E-state index contributed by atoms with van der Waals surface area (Å²) in [6, 6.07) is 8.73. The van der Waals surface area contributed by atoms with Crippen molar-refractivity contribution in [1.29, 1.82) is 0 Å². The molecule has 2 rings (SSSR count). The zero-order valence-corrected chi connectivity index (χ0v) is 11.2. The van der Waals surface area contributed by atoms with Gasteiger partial charge >= 0.3 is 0 Å². The van der Waals surface area contributed by atoms with Gasteiger partial charge in [0.15, 0.2) is 0 Å². The first-order valence-electron chi connectivity index (χ1n) is 6.30. The molecular formula is C15H22O2. The van der Waals surface area contributed by atoms with Crippen LogP contribution in [-0.2, 0) is 14.9 Å². The van der Waals surface area contributed by atoms with Gasteiger partial charge in [-0.15, -0.1) is 0 Å². The molecule has 1 heterocycles. The van der Waals surface area contributed by atoms with Crippen molar-refractivity contribution in [2.45, 2.75) is 45.3 Å². The van der Waals surface area contributed by atoms with E-state index in [0.29, 0.717) is 12.7 Å². The molecule has 0 radical (unpaired) electrons. The molecule has 2 atom stereocenters. The normalized spacial score (nSPS) is 21.3. The van der Waals surface area contributed by atoms with Crippen molar-refractivity contribution >= 4 is 0 Å². The molecule has 1 aliphatic rings. The molecular weight excluding hydrogens is 212 g/mol. The molecule has 1 aliphatic heterocycles. The number of rotatable bonds is 4. The van der Waals surface area contributed by atoms with Crippen molar-refractivity contribution in [3.05, 3.63) is 35.4 Å². The van der Waals surface area contributed by atoms with Crippen molar-refractivity contribution in [2.24, 2.45) is 0 Å². The lowest BCUT2D eigenvalue weighted by Crippen LogP contribution is -2.11. The van der Waals surface area contributed by atoms with Crippen LogP contribution in [0.25, 0.3) is 0 Å². The molecule has 0 aromatic heterocycles. The Morgan fingerprint density at radius 2 is 1.88 bits per heavy atom. The molecule has 2 nitrogen and oxygen atoms in total. The summed E-state index contributed by atoms with van der Waals surface area (Å²) in [6.07, 6.45) is 0.486. The van der Waals surface area contributed by atoms with Crippen LogP contribution in [0.4, 0.5) is 0 Å². The fourth-order valence-corrected chi connectivity index (χ4v) is 1.77. The van der Waals surface area contributed by atoms with Crippen molar-refractivity contribution in [3.63, 3.8) is 0 Å². The van der Waals surface area contributed by atoms with E-state index >= 15 is 0 Å². The van der Waals surface area contributed by atoms with Gasteiger partial charge in [-0.25, -0.2) is 0 Å². The zero-order valence-electron chi connectivity index (χ0n) is 11.2. The van der Waals surface area contributed by atoms with E-state index in [0.717, 1.165) is 6.61 Å². The van der Waals surface area contributed by atoms with Gasteiger partial charge in [0.2, 0.25) is 0 Å². The molecule has 0 bridgehead atoms. The topological polar surface area (TPSA) is 21.8 Å². The summed E-state index contributed by atoms with van der Waals surface area (Å²) in [4.78, 5) is 0. The highest BCUT2D eigenvalue weighted by molar-refractivity contribution is 5.28. The third-order valence-electron chi connectivity index (χ3n) is 3.18. The average Bonchev–Trinajstić information content (AvgIpc) is 3.09. The fourth-order valence-electron chi connectivity index (χ4n) is 1.77. The van der Waals surface area contributed by atoms with E-state index in [2.05, 4.69) is 52.0 Å². The van der Waals surface area contributed by atoms with Gasteiger partial charge in [-0.2, -0.15) is 0 Å². The largest absolute Gasteiger partial charge is 0.371 e. The summed E-state index contributed by atoms with van der Waals surface area (Å²) in [6.45, 7) is 10.3. The molecule has 0 aliphatic carbocycles. The molecule has 1 aromatic rings. The smallest absolute Gasteiger partial charge is 0.104 e. The molecule has 0 unspecified atom stereocenters. The Labute approximate surface area is 104 Å². The molecule has 17 heavy (non-hydrogen) atoms. The number of epoxide rings is 1. The molecule has 1 saturated heterocycles. The van der Waals surface area contributed by atoms with E-state index in [1.54, 1.807) is 0 Å². The van der Waals surface area contributed by atoms with Crippen LogP contribution in [-0.4, -0.2) is 19.3 Å². The number of hydrogen-bond donors (Lipinski definition) is 0. The van der Waals surface area contributed by atoms with Crippen LogP contribution in [0.15, 0.2) is 24.3 Å². The second-order valence-corrected chi connectivity index (χ2v) is 5.80. The fraction of sp³-hybridized carbons (Fsp3) is 0.600. The minimum absolute atomic E-state index is 0.146. The standard InChI is InChI=1S/C15H22O2/c1-11(16-9-14-10-17-14)12-5-7-13(8-6-12)15(2,3)4/h5-8,11,14H,9-10H2,1-4H3/t11-,14+/m1/s1. The van der Waals surface area contributed by atoms with Crippen LogP contribution in [0.2, 0.25) is 0 Å². The summed E-state index contributed by atoms with van der Waals surface area (Å²) < 4.78 is 10.9. The molecule has 1 fully saturated rings. The van der Waals surface area contributed by atoms with Gasteiger partial charge in [-0.3, -0.25) is 0 Å². The predicted molar refractivity (Wildman–Crippen MR) is 69.2 cm³/mol. The Bertz CT molecular complexity index is 358. The van der Waals surface area contributed by atoms with Gasteiger partial charge in [-0.05, 0) is 23.5 Å². The number of ether oxygens (including phenoxy) is 2. The summed E-state index contributed by atoms with van der Waals surface area (Å²) in [5.41, 5.74) is 2.81. The van der Waals surface area contributed by atoms with Crippen LogP contribution < -0.4 is 0 Å². The monoisotopic (exact) mass is 234 g/mol. The second kappa shape index (κ2) is 4.79. The van der Waals surface area contributed by atoms with Gasteiger partial charge < -0.3 is 9.47 Å². The molecule has 0 amide bonds. The first kappa shape index (κ1) is 12.6. The number of benzene rings is 1. The predicted octanol–water partition coefficient (Wildman–Crippen LogP) is 3.46. The molecule has 94 valence electrons. The summed E-state index contributed by atoms with van der Waals surface area (Å²) >= 11 is 0. The van der Waals surface area contributed by atoms with Crippen LogP contribution in [0, 0.1) is 0 Å². The Hall–Kier alpha value is -0.860. The van der Waals surface area contributed by atoms with Crippen LogP contribution in [0.5, 0.6) is 0 Å². The lowest BCUT2D eigenvalue weighted by Gasteiger charge is -2.20. The minimum atomic E-state index is 0.146. The zero-order chi connectivity index (χ0) is 12.5. The second-order valence-electron chi connectivity index (χ2n) is 5.80. The molecule has 0 N–H and O–H groups in total. The van der Waals surface area contributed by atoms with Crippen molar-refractivity contribution in [2.75, 3.05) is 13.2 Å². The van der Waals surface area contributed by atoms with Gasteiger partial charge in [0, 0.05) is 0 Å². The Kier molecular flexibility index (Phi) is 3.55. The minimum Gasteiger partial charge on any atom is -0.371 e. The van der Waals surface area contributed by atoms with E-state index in [4.69, 9.17) is 9.47 Å². The molecule has 0 spiro atoms. The van der Waals surface area contributed by atoms with Crippen molar-refractivity contribution in [1.82, 2.24) is 0 Å². The van der Waals surface area contributed by atoms with Crippen molar-refractivity contribution in [3.8, 4) is 0 Å². The summed E-state index contributed by atoms with van der Waals surface area (Å²) in [7, 11) is 0. The first-order valence-corrected chi connectivity index (χ1v) is 6.30. The van der Waals surface area contributed by atoms with Gasteiger partial charge in [0.1, 0.15) is 6.10 Å². The van der Waals surface area contributed by atoms with Gasteiger partial charge in [0.05, 0.1) is 19.3 Å². The van der Waals surface area contributed by atoms with E-state index in [-0.39, 0.29) is 11.5 Å². The van der Waals surface area contributed by atoms with Crippen molar-refractivity contribution < 1.29 is 9.47 Å². The molecule has 0 saturated carbocycles. The Balaban J connectivity index is 1.96. The van der Waals surface area contributed by atoms with E-state index in [9.17, 15) is 0 Å². The maximum absolute atomic E-state index is 5.75. The Morgan fingerprint density at radius 1 is 1.29 bits per heavy atom. The van der Waals surface area contributed by atoms with E-state index in [1.165, 1.54) is 11.1 Å². The van der Waals surface area contributed by atoms with Crippen LogP contribution in [0.1, 0.15) is 44.9 Å². The third kappa shape index (κ3) is 3.55. The highest BCUT2D eigenvalue weighted by Gasteiger charge is 2.23. The SMILES string of the molecule is C[C@@H](OC[C@H]1CO1)c1ccc(C(C)(C)C)cc1. The highest BCUT2D eigenvalue weighted by atomic mass is 16.6. The maximum atomic E-state index is 5.75. The lowest BCUT2D eigenvalue weighted by atomic mass is 9.86. The van der Waals surface area contributed by atoms with Crippen LogP contribution in [0.3, 0.4) is 0 Å². The van der Waals surface area contributed by atoms with Gasteiger partial charge in [-0.1, -0.05) is 45.0 Å².